The Hall–Kier alpha value is -3.60. The first-order valence-corrected chi connectivity index (χ1v) is 8.92. The number of aromatic carboxylic acids is 1. The van der Waals surface area contributed by atoms with Crippen LogP contribution < -0.4 is 5.43 Å². The van der Waals surface area contributed by atoms with E-state index in [0.717, 1.165) is 22.1 Å². The first kappa shape index (κ1) is 17.8. The van der Waals surface area contributed by atoms with Gasteiger partial charge >= 0.3 is 5.97 Å². The van der Waals surface area contributed by atoms with E-state index in [1.807, 2.05) is 19.9 Å². The van der Waals surface area contributed by atoms with E-state index < -0.39 is 5.97 Å². The van der Waals surface area contributed by atoms with Crippen LogP contribution in [0.5, 0.6) is 5.75 Å². The van der Waals surface area contributed by atoms with E-state index in [2.05, 4.69) is 0 Å². The number of carbonyl (C=O) groups is 1. The third kappa shape index (κ3) is 2.91. The second kappa shape index (κ2) is 6.53. The number of aromatic hydroxyl groups is 1. The number of phenolic OH excluding ortho intramolecular Hbond substituents is 1. The fraction of sp³-hybridized carbons (Fsp3) is 0.130. The molecule has 2 aromatic carbocycles. The van der Waals surface area contributed by atoms with Gasteiger partial charge in [-0.3, -0.25) is 4.79 Å². The fourth-order valence-electron chi connectivity index (χ4n) is 3.56. The maximum absolute atomic E-state index is 11.9. The van der Waals surface area contributed by atoms with Gasteiger partial charge in [0.2, 0.25) is 0 Å². The summed E-state index contributed by atoms with van der Waals surface area (Å²) in [5.74, 6) is -0.430. The maximum atomic E-state index is 11.9. The molecule has 0 atom stereocenters. The van der Waals surface area contributed by atoms with Crippen LogP contribution in [0.4, 0.5) is 0 Å². The summed E-state index contributed by atoms with van der Waals surface area (Å²) < 4.78 is 5.87. The first-order chi connectivity index (χ1) is 13.3. The lowest BCUT2D eigenvalue weighted by molar-refractivity contribution is 0.0697. The number of hydrogen-bond donors (Lipinski definition) is 2. The molecule has 5 nitrogen and oxygen atoms in total. The van der Waals surface area contributed by atoms with Crippen molar-refractivity contribution < 1.29 is 19.4 Å². The van der Waals surface area contributed by atoms with Crippen molar-refractivity contribution >= 4 is 16.9 Å². The second-order valence-corrected chi connectivity index (χ2v) is 7.08. The van der Waals surface area contributed by atoms with Gasteiger partial charge in [-0.25, -0.2) is 4.79 Å². The normalized spacial score (nSPS) is 11.4. The molecule has 2 aliphatic rings. The zero-order valence-electron chi connectivity index (χ0n) is 15.4. The molecule has 0 unspecified atom stereocenters. The summed E-state index contributed by atoms with van der Waals surface area (Å²) in [6, 6.07) is 14.4. The van der Waals surface area contributed by atoms with Gasteiger partial charge in [0.1, 0.15) is 17.1 Å². The first-order valence-electron chi connectivity index (χ1n) is 8.92. The Bertz CT molecular complexity index is 1250. The van der Waals surface area contributed by atoms with Crippen molar-refractivity contribution in [1.82, 2.24) is 0 Å². The predicted octanol–water partition coefficient (Wildman–Crippen LogP) is 5.09. The molecule has 1 aliphatic carbocycles. The van der Waals surface area contributed by atoms with Crippen LogP contribution >= 0.6 is 0 Å². The minimum Gasteiger partial charge on any atom is -0.508 e. The number of benzene rings is 3. The Morgan fingerprint density at radius 2 is 1.75 bits per heavy atom. The molecule has 0 amide bonds. The molecular formula is C23H18O5. The Morgan fingerprint density at radius 1 is 0.964 bits per heavy atom. The van der Waals surface area contributed by atoms with Crippen LogP contribution in [0.3, 0.4) is 0 Å². The van der Waals surface area contributed by atoms with Crippen LogP contribution in [0, 0.1) is 0 Å². The van der Waals surface area contributed by atoms with E-state index in [9.17, 15) is 19.8 Å². The Kier molecular flexibility index (Phi) is 4.15. The molecular weight excluding hydrogens is 356 g/mol. The highest BCUT2D eigenvalue weighted by Crippen LogP contribution is 2.43. The highest BCUT2D eigenvalue weighted by Gasteiger charge is 2.21. The molecule has 1 aliphatic heterocycles. The van der Waals surface area contributed by atoms with Gasteiger partial charge in [-0.2, -0.15) is 0 Å². The van der Waals surface area contributed by atoms with Crippen LogP contribution in [-0.4, -0.2) is 16.2 Å². The number of carboxylic acids is 1. The van der Waals surface area contributed by atoms with Crippen molar-refractivity contribution in [3.63, 3.8) is 0 Å². The van der Waals surface area contributed by atoms with Gasteiger partial charge in [0.05, 0.1) is 5.56 Å². The van der Waals surface area contributed by atoms with Gasteiger partial charge in [0, 0.05) is 28.6 Å². The van der Waals surface area contributed by atoms with E-state index in [4.69, 9.17) is 4.42 Å². The van der Waals surface area contributed by atoms with Gasteiger partial charge in [-0.05, 0) is 53.4 Å². The van der Waals surface area contributed by atoms with Crippen LogP contribution in [0.25, 0.3) is 33.4 Å². The minimum absolute atomic E-state index is 0.0446. The number of phenols is 1. The van der Waals surface area contributed by atoms with Crippen molar-refractivity contribution in [2.45, 2.75) is 19.8 Å². The fourth-order valence-corrected chi connectivity index (χ4v) is 3.56. The molecule has 0 bridgehead atoms. The summed E-state index contributed by atoms with van der Waals surface area (Å²) in [5.41, 5.74) is 3.66. The van der Waals surface area contributed by atoms with E-state index in [1.54, 1.807) is 30.3 Å². The highest BCUT2D eigenvalue weighted by molar-refractivity contribution is 6.04. The summed E-state index contributed by atoms with van der Waals surface area (Å²) >= 11 is 0. The molecule has 0 fully saturated rings. The molecule has 0 radical (unpaired) electrons. The third-order valence-electron chi connectivity index (χ3n) is 4.87. The highest BCUT2D eigenvalue weighted by atomic mass is 16.4. The van der Waals surface area contributed by atoms with Gasteiger partial charge in [0.25, 0.3) is 0 Å². The second-order valence-electron chi connectivity index (χ2n) is 7.08. The van der Waals surface area contributed by atoms with Crippen LogP contribution in [0.2, 0.25) is 0 Å². The molecule has 0 spiro atoms. The van der Waals surface area contributed by atoms with Gasteiger partial charge in [-0.1, -0.05) is 19.9 Å². The zero-order valence-corrected chi connectivity index (χ0v) is 15.4. The lowest BCUT2D eigenvalue weighted by atomic mass is 9.86. The van der Waals surface area contributed by atoms with Crippen molar-refractivity contribution in [2.24, 2.45) is 0 Å². The molecule has 0 saturated carbocycles. The van der Waals surface area contributed by atoms with Crippen LogP contribution in [0.1, 0.15) is 35.7 Å². The largest absolute Gasteiger partial charge is 0.508 e. The lowest BCUT2D eigenvalue weighted by Crippen LogP contribution is -2.03. The molecule has 0 aromatic heterocycles. The molecule has 140 valence electrons. The molecule has 0 saturated heterocycles. The molecule has 5 heteroatoms. The predicted molar refractivity (Wildman–Crippen MR) is 107 cm³/mol. The molecule has 28 heavy (non-hydrogen) atoms. The standard InChI is InChI=1S/C23H18O5/c1-12(2)16-6-3-13(23(26)27)9-19(16)22-17-7-4-14(24)10-20(17)28-21-11-15(25)5-8-18(21)22/h3-12,24H,1-2H3,(H,26,27). The van der Waals surface area contributed by atoms with Crippen molar-refractivity contribution in [2.75, 3.05) is 0 Å². The smallest absolute Gasteiger partial charge is 0.335 e. The number of carboxylic acid groups (broad SMARTS) is 1. The number of rotatable bonds is 3. The van der Waals surface area contributed by atoms with Gasteiger partial charge < -0.3 is 14.6 Å². The van der Waals surface area contributed by atoms with E-state index in [1.165, 1.54) is 18.2 Å². The van der Waals surface area contributed by atoms with E-state index in [-0.39, 0.29) is 22.7 Å². The Morgan fingerprint density at radius 3 is 2.46 bits per heavy atom. The SMILES string of the molecule is CC(C)c1ccc(C(=O)O)cc1-c1c2ccc(=O)cc-2oc2cc(O)ccc12. The summed E-state index contributed by atoms with van der Waals surface area (Å²) in [6.45, 7) is 4.08. The van der Waals surface area contributed by atoms with Gasteiger partial charge in [0.15, 0.2) is 5.43 Å². The van der Waals surface area contributed by atoms with Crippen molar-refractivity contribution in [3.05, 3.63) is 75.9 Å². The van der Waals surface area contributed by atoms with Crippen LogP contribution in [-0.2, 0) is 0 Å². The Balaban J connectivity index is 2.20. The Labute approximate surface area is 160 Å². The molecule has 2 N–H and O–H groups in total. The van der Waals surface area contributed by atoms with E-state index in [0.29, 0.717) is 16.9 Å². The summed E-state index contributed by atoms with van der Waals surface area (Å²) in [4.78, 5) is 23.5. The number of hydrogen-bond acceptors (Lipinski definition) is 4. The van der Waals surface area contributed by atoms with Crippen molar-refractivity contribution in [3.8, 4) is 28.2 Å². The third-order valence-corrected chi connectivity index (χ3v) is 4.87. The maximum Gasteiger partial charge on any atom is 0.335 e. The number of fused-ring (bicyclic) bond motifs is 2. The average molecular weight is 374 g/mol. The summed E-state index contributed by atoms with van der Waals surface area (Å²) in [6.07, 6.45) is 0. The van der Waals surface area contributed by atoms with Crippen LogP contribution in [0.15, 0.2) is 63.8 Å². The lowest BCUT2D eigenvalue weighted by Gasteiger charge is -2.20. The summed E-state index contributed by atoms with van der Waals surface area (Å²) in [7, 11) is 0. The van der Waals surface area contributed by atoms with Crippen molar-refractivity contribution in [1.29, 1.82) is 0 Å². The summed E-state index contributed by atoms with van der Waals surface area (Å²) in [5, 5.41) is 20.1. The zero-order chi connectivity index (χ0) is 20.0. The quantitative estimate of drug-likeness (QED) is 0.488. The average Bonchev–Trinajstić information content (AvgIpc) is 2.65. The molecule has 1 heterocycles. The van der Waals surface area contributed by atoms with E-state index >= 15 is 0 Å². The molecule has 2 aromatic rings. The topological polar surface area (TPSA) is 87.7 Å². The molecule has 4 rings (SSSR count). The minimum atomic E-state index is -1.01. The van der Waals surface area contributed by atoms with Gasteiger partial charge in [-0.15, -0.1) is 0 Å². The monoisotopic (exact) mass is 374 g/mol.